The van der Waals surface area contributed by atoms with Crippen molar-refractivity contribution in [2.24, 2.45) is 0 Å². The zero-order chi connectivity index (χ0) is 12.0. The second kappa shape index (κ2) is 5.95. The fourth-order valence-corrected chi connectivity index (χ4v) is 1.07. The van der Waals surface area contributed by atoms with Crippen LogP contribution in [0, 0.1) is 0 Å². The van der Waals surface area contributed by atoms with E-state index in [4.69, 9.17) is 4.74 Å². The van der Waals surface area contributed by atoms with Crippen molar-refractivity contribution in [3.05, 3.63) is 47.7 Å². The lowest BCUT2D eigenvalue weighted by Gasteiger charge is -2.11. The number of esters is 1. The average Bonchev–Trinajstić information content (AvgIpc) is 2.27. The van der Waals surface area contributed by atoms with E-state index in [9.17, 15) is 4.79 Å². The zero-order valence-electron chi connectivity index (χ0n) is 9.93. The Bertz CT molecular complexity index is 369. The summed E-state index contributed by atoms with van der Waals surface area (Å²) in [6.07, 6.45) is 1.49. The summed E-state index contributed by atoms with van der Waals surface area (Å²) in [6.45, 7) is 2.18. The third kappa shape index (κ3) is 4.17. The third-order valence-corrected chi connectivity index (χ3v) is 2.26. The topological polar surface area (TPSA) is 29.5 Å². The fraction of sp³-hybridized carbons (Fsp3) is 0.308. The van der Waals surface area contributed by atoms with Gasteiger partial charge in [0, 0.05) is 25.9 Å². The number of benzene rings is 1. The maximum atomic E-state index is 11.4. The molecule has 0 amide bonds. The minimum Gasteiger partial charge on any atom is -0.458 e. The Hall–Kier alpha value is -1.77. The molecule has 0 radical (unpaired) electrons. The van der Waals surface area contributed by atoms with Crippen LogP contribution >= 0.6 is 0 Å². The van der Waals surface area contributed by atoms with E-state index in [0.29, 0.717) is 6.61 Å². The minimum atomic E-state index is -0.310. The normalized spacial score (nSPS) is 11.1. The smallest absolute Gasteiger partial charge is 0.332 e. The monoisotopic (exact) mass is 219 g/mol. The lowest BCUT2D eigenvalue weighted by atomic mass is 10.2. The van der Waals surface area contributed by atoms with Crippen LogP contribution in [0.3, 0.4) is 0 Å². The van der Waals surface area contributed by atoms with Gasteiger partial charge in [0.25, 0.3) is 0 Å². The molecule has 0 spiro atoms. The Morgan fingerprint density at radius 3 is 2.50 bits per heavy atom. The molecule has 3 heteroatoms. The van der Waals surface area contributed by atoms with Crippen molar-refractivity contribution < 1.29 is 9.53 Å². The van der Waals surface area contributed by atoms with Crippen LogP contribution in [0.4, 0.5) is 0 Å². The molecule has 0 atom stereocenters. The molecule has 1 rings (SSSR count). The highest BCUT2D eigenvalue weighted by Gasteiger charge is 2.01. The highest BCUT2D eigenvalue weighted by atomic mass is 16.5. The zero-order valence-corrected chi connectivity index (χ0v) is 9.93. The maximum absolute atomic E-state index is 11.4. The maximum Gasteiger partial charge on any atom is 0.332 e. The molecule has 0 unspecified atom stereocenters. The Morgan fingerprint density at radius 2 is 1.94 bits per heavy atom. The number of ether oxygens (including phenoxy) is 1. The fourth-order valence-electron chi connectivity index (χ4n) is 1.07. The van der Waals surface area contributed by atoms with Crippen LogP contribution in [0.5, 0.6) is 0 Å². The molecule has 0 saturated heterocycles. The molecule has 1 aromatic rings. The molecule has 1 aromatic carbocycles. The molecule has 0 saturated carbocycles. The molecule has 16 heavy (non-hydrogen) atoms. The number of hydrogen-bond acceptors (Lipinski definition) is 3. The van der Waals surface area contributed by atoms with Gasteiger partial charge in [-0.25, -0.2) is 4.79 Å². The SMILES string of the molecule is C/C(=C/C(=O)OCc1ccccc1)N(C)C. The van der Waals surface area contributed by atoms with Crippen molar-refractivity contribution in [1.29, 1.82) is 0 Å². The van der Waals surface area contributed by atoms with Crippen molar-refractivity contribution in [1.82, 2.24) is 4.90 Å². The highest BCUT2D eigenvalue weighted by molar-refractivity contribution is 5.82. The van der Waals surface area contributed by atoms with Gasteiger partial charge < -0.3 is 9.64 Å². The number of hydrogen-bond donors (Lipinski definition) is 0. The molecular formula is C13H17NO2. The minimum absolute atomic E-state index is 0.310. The summed E-state index contributed by atoms with van der Waals surface area (Å²) in [6, 6.07) is 9.63. The van der Waals surface area contributed by atoms with Crippen LogP contribution in [0.15, 0.2) is 42.1 Å². The molecule has 0 aromatic heterocycles. The lowest BCUT2D eigenvalue weighted by Crippen LogP contribution is -2.11. The average molecular weight is 219 g/mol. The number of nitrogens with zero attached hydrogens (tertiary/aromatic N) is 1. The Balaban J connectivity index is 2.45. The molecule has 3 nitrogen and oxygen atoms in total. The lowest BCUT2D eigenvalue weighted by molar-refractivity contribution is -0.139. The van der Waals surface area contributed by atoms with Gasteiger partial charge in [0.1, 0.15) is 6.61 Å². The van der Waals surface area contributed by atoms with Crippen LogP contribution in [0.2, 0.25) is 0 Å². The van der Waals surface area contributed by atoms with Gasteiger partial charge in [0.2, 0.25) is 0 Å². The molecule has 0 N–H and O–H groups in total. The molecule has 0 heterocycles. The van der Waals surface area contributed by atoms with Gasteiger partial charge in [-0.2, -0.15) is 0 Å². The van der Waals surface area contributed by atoms with E-state index in [1.807, 2.05) is 56.3 Å². The molecular weight excluding hydrogens is 202 g/mol. The van der Waals surface area contributed by atoms with E-state index < -0.39 is 0 Å². The van der Waals surface area contributed by atoms with E-state index >= 15 is 0 Å². The van der Waals surface area contributed by atoms with Crippen LogP contribution in [0.1, 0.15) is 12.5 Å². The van der Waals surface area contributed by atoms with Crippen molar-refractivity contribution >= 4 is 5.97 Å². The third-order valence-electron chi connectivity index (χ3n) is 2.26. The standard InChI is InChI=1S/C13H17NO2/c1-11(14(2)3)9-13(15)16-10-12-7-5-4-6-8-12/h4-9H,10H2,1-3H3/b11-9-. The van der Waals surface area contributed by atoms with Crippen LogP contribution in [-0.4, -0.2) is 25.0 Å². The molecule has 86 valence electrons. The summed E-state index contributed by atoms with van der Waals surface area (Å²) in [5.74, 6) is -0.310. The van der Waals surface area contributed by atoms with Crippen LogP contribution < -0.4 is 0 Å². The summed E-state index contributed by atoms with van der Waals surface area (Å²) in [7, 11) is 3.77. The summed E-state index contributed by atoms with van der Waals surface area (Å²) >= 11 is 0. The van der Waals surface area contributed by atoms with Crippen LogP contribution in [0.25, 0.3) is 0 Å². The predicted molar refractivity (Wildman–Crippen MR) is 63.7 cm³/mol. The quantitative estimate of drug-likeness (QED) is 0.574. The van der Waals surface area contributed by atoms with E-state index in [1.165, 1.54) is 6.08 Å². The first-order valence-electron chi connectivity index (χ1n) is 5.16. The van der Waals surface area contributed by atoms with Gasteiger partial charge in [-0.3, -0.25) is 0 Å². The second-order valence-electron chi connectivity index (χ2n) is 3.77. The van der Waals surface area contributed by atoms with E-state index in [-0.39, 0.29) is 5.97 Å². The van der Waals surface area contributed by atoms with Gasteiger partial charge in [0.15, 0.2) is 0 Å². The molecule has 0 aliphatic heterocycles. The van der Waals surface area contributed by atoms with Crippen molar-refractivity contribution in [3.63, 3.8) is 0 Å². The number of rotatable bonds is 4. The Labute approximate surface area is 96.3 Å². The first-order valence-corrected chi connectivity index (χ1v) is 5.16. The van der Waals surface area contributed by atoms with Gasteiger partial charge in [0.05, 0.1) is 0 Å². The molecule has 0 aliphatic carbocycles. The predicted octanol–water partition coefficient (Wildman–Crippen LogP) is 2.20. The first kappa shape index (κ1) is 12.3. The molecule has 0 bridgehead atoms. The van der Waals surface area contributed by atoms with Crippen molar-refractivity contribution in [2.45, 2.75) is 13.5 Å². The van der Waals surface area contributed by atoms with E-state index in [0.717, 1.165) is 11.3 Å². The number of carbonyl (C=O) groups excluding carboxylic acids is 1. The second-order valence-corrected chi connectivity index (χ2v) is 3.77. The van der Waals surface area contributed by atoms with Gasteiger partial charge in [-0.15, -0.1) is 0 Å². The summed E-state index contributed by atoms with van der Waals surface area (Å²) in [4.78, 5) is 13.3. The number of carbonyl (C=O) groups is 1. The van der Waals surface area contributed by atoms with Crippen LogP contribution in [-0.2, 0) is 16.1 Å². The first-order chi connectivity index (χ1) is 7.59. The molecule has 0 fully saturated rings. The summed E-state index contributed by atoms with van der Waals surface area (Å²) in [5.41, 5.74) is 1.87. The largest absolute Gasteiger partial charge is 0.458 e. The van der Waals surface area contributed by atoms with Crippen molar-refractivity contribution in [3.8, 4) is 0 Å². The Kier molecular flexibility index (Phi) is 4.58. The summed E-state index contributed by atoms with van der Waals surface area (Å²) in [5, 5.41) is 0. The van der Waals surface area contributed by atoms with Crippen molar-refractivity contribution in [2.75, 3.05) is 14.1 Å². The van der Waals surface area contributed by atoms with E-state index in [2.05, 4.69) is 0 Å². The highest BCUT2D eigenvalue weighted by Crippen LogP contribution is 2.02. The molecule has 0 aliphatic rings. The Morgan fingerprint density at radius 1 is 1.31 bits per heavy atom. The number of allylic oxidation sites excluding steroid dienone is 1. The van der Waals surface area contributed by atoms with Gasteiger partial charge >= 0.3 is 5.97 Å². The summed E-state index contributed by atoms with van der Waals surface area (Å²) < 4.78 is 5.11. The van der Waals surface area contributed by atoms with E-state index in [1.54, 1.807) is 0 Å². The van der Waals surface area contributed by atoms with Gasteiger partial charge in [-0.05, 0) is 12.5 Å². The van der Waals surface area contributed by atoms with Gasteiger partial charge in [-0.1, -0.05) is 30.3 Å².